The second kappa shape index (κ2) is 12.8. The normalized spacial score (nSPS) is 17.5. The van der Waals surface area contributed by atoms with Gasteiger partial charge in [-0.2, -0.15) is 0 Å². The number of azide groups is 1. The first-order chi connectivity index (χ1) is 18.1. The molecular weight excluding hydrogens is 472 g/mol. The number of ether oxygens (including phenoxy) is 2. The number of aromatic nitrogens is 2. The zero-order valence-corrected chi connectivity index (χ0v) is 21.1. The number of rotatable bonds is 12. The van der Waals surface area contributed by atoms with Gasteiger partial charge in [0.15, 0.2) is 6.73 Å². The second-order valence-electron chi connectivity index (χ2n) is 9.08. The van der Waals surface area contributed by atoms with Crippen LogP contribution in [0.25, 0.3) is 16.0 Å². The van der Waals surface area contributed by atoms with Gasteiger partial charge in [0.05, 0.1) is 12.3 Å². The van der Waals surface area contributed by atoms with Gasteiger partial charge >= 0.3 is 0 Å². The van der Waals surface area contributed by atoms with Crippen LogP contribution in [0.2, 0.25) is 0 Å². The lowest BCUT2D eigenvalue weighted by Gasteiger charge is -2.27. The number of carbonyl (C=O) groups excluding carboxylic acids is 1. The molecule has 2 aromatic rings. The van der Waals surface area contributed by atoms with Gasteiger partial charge in [-0.3, -0.25) is 4.79 Å². The van der Waals surface area contributed by atoms with Gasteiger partial charge in [0, 0.05) is 47.8 Å². The van der Waals surface area contributed by atoms with Crippen LogP contribution in [0.4, 0.5) is 5.82 Å². The third-order valence-corrected chi connectivity index (χ3v) is 6.52. The van der Waals surface area contributed by atoms with Gasteiger partial charge in [0.25, 0.3) is 5.91 Å². The third kappa shape index (κ3) is 6.99. The van der Waals surface area contributed by atoms with Crippen LogP contribution in [0, 0.1) is 5.92 Å². The van der Waals surface area contributed by atoms with Gasteiger partial charge in [-0.25, -0.2) is 9.97 Å². The summed E-state index contributed by atoms with van der Waals surface area (Å²) in [7, 11) is 1.57. The number of nitrogens with one attached hydrogen (secondary N) is 3. The summed E-state index contributed by atoms with van der Waals surface area (Å²) in [5.74, 6) is 1.65. The predicted molar refractivity (Wildman–Crippen MR) is 141 cm³/mol. The summed E-state index contributed by atoms with van der Waals surface area (Å²) in [5, 5.41) is 12.7. The minimum absolute atomic E-state index is 0.00208. The van der Waals surface area contributed by atoms with Crippen molar-refractivity contribution < 1.29 is 14.3 Å². The van der Waals surface area contributed by atoms with E-state index in [2.05, 4.69) is 35.9 Å². The molecule has 0 bridgehead atoms. The highest BCUT2D eigenvalue weighted by Crippen LogP contribution is 2.29. The first-order valence-corrected chi connectivity index (χ1v) is 12.4. The fraction of sp³-hybridized carbons (Fsp3) is 0.423. The molecule has 194 valence electrons. The molecule has 1 aliphatic carbocycles. The first kappa shape index (κ1) is 26.0. The molecule has 3 N–H and O–H groups in total. The minimum atomic E-state index is -0.226. The van der Waals surface area contributed by atoms with Crippen molar-refractivity contribution in [2.24, 2.45) is 11.0 Å². The highest BCUT2D eigenvalue weighted by atomic mass is 16.5. The Morgan fingerprint density at radius 2 is 2.19 bits per heavy atom. The summed E-state index contributed by atoms with van der Waals surface area (Å²) in [6.45, 7) is 3.21. The molecule has 37 heavy (non-hydrogen) atoms. The number of hydrogen-bond donors (Lipinski definition) is 3. The molecule has 2 atom stereocenters. The smallest absolute Gasteiger partial charge is 0.251 e. The number of allylic oxidation sites excluding steroid dienone is 2. The Balaban J connectivity index is 1.37. The van der Waals surface area contributed by atoms with E-state index in [0.29, 0.717) is 29.6 Å². The molecule has 0 spiro atoms. The van der Waals surface area contributed by atoms with Gasteiger partial charge < -0.3 is 25.4 Å². The van der Waals surface area contributed by atoms with Crippen molar-refractivity contribution in [3.05, 3.63) is 76.2 Å². The predicted octanol–water partition coefficient (Wildman–Crippen LogP) is 4.34. The maximum atomic E-state index is 12.0. The van der Waals surface area contributed by atoms with Crippen LogP contribution in [0.1, 0.15) is 53.7 Å². The van der Waals surface area contributed by atoms with E-state index in [4.69, 9.17) is 15.0 Å². The zero-order valence-electron chi connectivity index (χ0n) is 21.1. The first-order valence-electron chi connectivity index (χ1n) is 12.4. The van der Waals surface area contributed by atoms with Crippen molar-refractivity contribution >= 4 is 17.3 Å². The van der Waals surface area contributed by atoms with Crippen molar-refractivity contribution in [2.45, 2.75) is 38.3 Å². The summed E-state index contributed by atoms with van der Waals surface area (Å²) < 4.78 is 11.6. The Morgan fingerprint density at radius 3 is 2.89 bits per heavy atom. The van der Waals surface area contributed by atoms with Crippen LogP contribution in [-0.2, 0) is 4.74 Å². The number of amides is 1. The highest BCUT2D eigenvalue weighted by molar-refractivity contribution is 5.94. The molecule has 1 amide bonds. The van der Waals surface area contributed by atoms with Crippen molar-refractivity contribution in [3.8, 4) is 5.75 Å². The number of anilines is 1. The summed E-state index contributed by atoms with van der Waals surface area (Å²) in [4.78, 5) is 23.5. The highest BCUT2D eigenvalue weighted by Gasteiger charge is 2.20. The third-order valence-electron chi connectivity index (χ3n) is 6.52. The van der Waals surface area contributed by atoms with E-state index in [-0.39, 0.29) is 24.8 Å². The Labute approximate surface area is 216 Å². The maximum absolute atomic E-state index is 12.0. The van der Waals surface area contributed by atoms with Crippen LogP contribution in [0.5, 0.6) is 5.75 Å². The number of carbonyl (C=O) groups is 1. The quantitative estimate of drug-likeness (QED) is 0.221. The number of benzene rings is 1. The molecule has 2 unspecified atom stereocenters. The fourth-order valence-electron chi connectivity index (χ4n) is 4.08. The molecule has 1 saturated carbocycles. The van der Waals surface area contributed by atoms with Gasteiger partial charge in [-0.1, -0.05) is 30.6 Å². The van der Waals surface area contributed by atoms with E-state index in [1.807, 2.05) is 37.4 Å². The molecule has 2 aliphatic rings. The largest absolute Gasteiger partial charge is 0.487 e. The van der Waals surface area contributed by atoms with E-state index in [0.717, 1.165) is 23.4 Å². The molecule has 0 radical (unpaired) electrons. The summed E-state index contributed by atoms with van der Waals surface area (Å²) in [5.41, 5.74) is 11.6. The average Bonchev–Trinajstić information content (AvgIpc) is 2.91. The second-order valence-corrected chi connectivity index (χ2v) is 9.08. The molecule has 1 aromatic carbocycles. The van der Waals surface area contributed by atoms with Crippen LogP contribution >= 0.6 is 0 Å². The number of dihydropyridines is 1. The lowest BCUT2D eigenvalue weighted by Crippen LogP contribution is -2.31. The van der Waals surface area contributed by atoms with Crippen LogP contribution in [-0.4, -0.2) is 49.0 Å². The molecule has 11 heteroatoms. The van der Waals surface area contributed by atoms with Crippen LogP contribution < -0.4 is 20.7 Å². The Kier molecular flexibility index (Phi) is 8.96. The molecule has 0 saturated heterocycles. The molecule has 1 aromatic heterocycles. The van der Waals surface area contributed by atoms with E-state index in [9.17, 15) is 4.79 Å². The summed E-state index contributed by atoms with van der Waals surface area (Å²) in [6.07, 6.45) is 11.2. The van der Waals surface area contributed by atoms with Gasteiger partial charge in [0.2, 0.25) is 0 Å². The van der Waals surface area contributed by atoms with Crippen molar-refractivity contribution in [2.75, 3.05) is 32.2 Å². The lowest BCUT2D eigenvalue weighted by atomic mass is 9.86. The Morgan fingerprint density at radius 1 is 1.32 bits per heavy atom. The van der Waals surface area contributed by atoms with E-state index in [1.54, 1.807) is 19.2 Å². The fourth-order valence-corrected chi connectivity index (χ4v) is 4.08. The molecule has 2 heterocycles. The molecule has 11 nitrogen and oxygen atoms in total. The monoisotopic (exact) mass is 504 g/mol. The number of nitrogens with zero attached hydrogens (tertiary/aromatic N) is 5. The molecular formula is C26H32N8O3. The standard InChI is InChI=1S/C26H32N8O3/c1-17(21-8-6-19(26(35)28-2)10-23(21)37-16-33-34-27)12-29-24-11-22(31-15-32-24)20-7-9-25(30-13-20)36-14-18-4-3-5-18/h6-11,13,15,17-18,25,30H,3-5,12,14,16H2,1-2H3,(H,28,35)(H,29,31,32). The van der Waals surface area contributed by atoms with Gasteiger partial charge in [-0.05, 0) is 48.1 Å². The Bertz CT molecular complexity index is 1200. The Hall–Kier alpha value is -4.08. The van der Waals surface area contributed by atoms with Gasteiger partial charge in [-0.15, -0.1) is 0 Å². The maximum Gasteiger partial charge on any atom is 0.251 e. The molecule has 1 fully saturated rings. The van der Waals surface area contributed by atoms with E-state index in [1.165, 1.54) is 25.6 Å². The number of hydrogen-bond acceptors (Lipinski definition) is 8. The van der Waals surface area contributed by atoms with Crippen molar-refractivity contribution in [1.29, 1.82) is 0 Å². The van der Waals surface area contributed by atoms with Crippen molar-refractivity contribution in [1.82, 2.24) is 20.6 Å². The zero-order chi connectivity index (χ0) is 26.0. The molecule has 1 aliphatic heterocycles. The van der Waals surface area contributed by atoms with E-state index < -0.39 is 0 Å². The lowest BCUT2D eigenvalue weighted by molar-refractivity contribution is 0.0245. The van der Waals surface area contributed by atoms with Crippen LogP contribution in [0.3, 0.4) is 0 Å². The van der Waals surface area contributed by atoms with Crippen LogP contribution in [0.15, 0.2) is 54.1 Å². The van der Waals surface area contributed by atoms with Crippen molar-refractivity contribution in [3.63, 3.8) is 0 Å². The topological polar surface area (TPSA) is 146 Å². The summed E-state index contributed by atoms with van der Waals surface area (Å²) >= 11 is 0. The SMILES string of the molecule is CNC(=O)c1ccc(C(C)CNc2cc(C3=CNC(OCC4CCC4)C=C3)ncn2)c(OCN=[N+]=[N-])c1. The van der Waals surface area contributed by atoms with E-state index >= 15 is 0 Å². The minimum Gasteiger partial charge on any atom is -0.487 e. The van der Waals surface area contributed by atoms with Gasteiger partial charge in [0.1, 0.15) is 24.1 Å². The summed E-state index contributed by atoms with van der Waals surface area (Å²) in [6, 6.07) is 7.14. The average molecular weight is 505 g/mol. The molecule has 4 rings (SSSR count).